The molecule has 1 rings (SSSR count). The van der Waals surface area contributed by atoms with E-state index in [1.807, 2.05) is 0 Å². The molecule has 0 saturated carbocycles. The van der Waals surface area contributed by atoms with Crippen molar-refractivity contribution >= 4 is 16.3 Å². The number of nitrogens with one attached hydrogen (secondary N) is 3. The minimum absolute atomic E-state index is 0.0872. The van der Waals surface area contributed by atoms with Crippen molar-refractivity contribution in [2.24, 2.45) is 0 Å². The Labute approximate surface area is 98.1 Å². The van der Waals surface area contributed by atoms with Crippen molar-refractivity contribution in [1.29, 1.82) is 0 Å². The smallest absolute Gasteiger partial charge is 0.421 e. The standard InChI is InChI=1S/C7H13N5O4S/c1-2-16-7(13)12-17(14,15)10-4-3-6-8-5-9-11-6/h5,10H,2-4H2,1H3,(H,12,13)(H,8,9,11). The Morgan fingerprint density at radius 2 is 2.35 bits per heavy atom. The second-order valence-electron chi connectivity index (χ2n) is 2.90. The van der Waals surface area contributed by atoms with E-state index in [1.165, 1.54) is 6.33 Å². The number of carbonyl (C=O) groups is 1. The highest BCUT2D eigenvalue weighted by Crippen LogP contribution is 1.87. The number of nitrogens with zero attached hydrogens (tertiary/aromatic N) is 2. The Hall–Kier alpha value is -1.68. The topological polar surface area (TPSA) is 126 Å². The zero-order chi connectivity index (χ0) is 12.7. The van der Waals surface area contributed by atoms with Gasteiger partial charge in [-0.1, -0.05) is 0 Å². The number of aromatic amines is 1. The van der Waals surface area contributed by atoms with Crippen LogP contribution >= 0.6 is 0 Å². The first kappa shape index (κ1) is 13.4. The summed E-state index contributed by atoms with van der Waals surface area (Å²) in [6, 6.07) is 0. The van der Waals surface area contributed by atoms with Crippen LogP contribution in [0.1, 0.15) is 12.7 Å². The summed E-state index contributed by atoms with van der Waals surface area (Å²) in [4.78, 5) is 14.7. The van der Waals surface area contributed by atoms with Crippen LogP contribution in [0, 0.1) is 0 Å². The lowest BCUT2D eigenvalue weighted by molar-refractivity contribution is 0.158. The lowest BCUT2D eigenvalue weighted by Gasteiger charge is -2.07. The fraction of sp³-hybridized carbons (Fsp3) is 0.571. The van der Waals surface area contributed by atoms with Gasteiger partial charge in [0.1, 0.15) is 12.2 Å². The summed E-state index contributed by atoms with van der Waals surface area (Å²) < 4.78 is 30.8. The Kier molecular flexibility index (Phi) is 4.84. The van der Waals surface area contributed by atoms with Crippen LogP contribution in [0.15, 0.2) is 6.33 Å². The Morgan fingerprint density at radius 1 is 1.59 bits per heavy atom. The van der Waals surface area contributed by atoms with Gasteiger partial charge in [-0.25, -0.2) is 14.5 Å². The molecule has 0 radical (unpaired) electrons. The van der Waals surface area contributed by atoms with Crippen LogP contribution in [0.5, 0.6) is 0 Å². The average molecular weight is 263 g/mol. The van der Waals surface area contributed by atoms with Crippen molar-refractivity contribution in [3.63, 3.8) is 0 Å². The first-order valence-electron chi connectivity index (χ1n) is 4.82. The van der Waals surface area contributed by atoms with Crippen LogP contribution in [-0.2, 0) is 21.4 Å². The summed E-state index contributed by atoms with van der Waals surface area (Å²) in [5, 5.41) is 6.18. The molecule has 0 spiro atoms. The summed E-state index contributed by atoms with van der Waals surface area (Å²) in [6.07, 6.45) is 0.643. The Balaban J connectivity index is 2.32. The summed E-state index contributed by atoms with van der Waals surface area (Å²) in [5.41, 5.74) is 0. The molecule has 17 heavy (non-hydrogen) atoms. The fourth-order valence-corrected chi connectivity index (χ4v) is 1.68. The third kappa shape index (κ3) is 5.26. The molecule has 10 heteroatoms. The molecule has 9 nitrogen and oxygen atoms in total. The maximum absolute atomic E-state index is 11.3. The molecule has 1 amide bonds. The van der Waals surface area contributed by atoms with Crippen molar-refractivity contribution in [1.82, 2.24) is 24.6 Å². The van der Waals surface area contributed by atoms with Crippen molar-refractivity contribution < 1.29 is 17.9 Å². The molecular weight excluding hydrogens is 250 g/mol. The Morgan fingerprint density at radius 3 is 2.94 bits per heavy atom. The van der Waals surface area contributed by atoms with Gasteiger partial charge in [-0.15, -0.1) is 0 Å². The van der Waals surface area contributed by atoms with Crippen LogP contribution in [0.3, 0.4) is 0 Å². The van der Waals surface area contributed by atoms with Crippen LogP contribution in [0.2, 0.25) is 0 Å². The molecule has 0 unspecified atom stereocenters. The monoisotopic (exact) mass is 263 g/mol. The molecule has 1 aromatic heterocycles. The molecule has 0 saturated heterocycles. The number of ether oxygens (including phenoxy) is 1. The van der Waals surface area contributed by atoms with Gasteiger partial charge in [-0.3, -0.25) is 5.10 Å². The molecule has 1 aromatic rings. The molecule has 0 aromatic carbocycles. The van der Waals surface area contributed by atoms with E-state index in [0.717, 1.165) is 0 Å². The number of H-pyrrole nitrogens is 1. The van der Waals surface area contributed by atoms with Crippen molar-refractivity contribution in [2.45, 2.75) is 13.3 Å². The lowest BCUT2D eigenvalue weighted by Crippen LogP contribution is -2.41. The summed E-state index contributed by atoms with van der Waals surface area (Å²) in [7, 11) is -3.89. The molecule has 96 valence electrons. The first-order chi connectivity index (χ1) is 8.03. The van der Waals surface area contributed by atoms with Gasteiger partial charge in [0.25, 0.3) is 0 Å². The maximum atomic E-state index is 11.3. The predicted molar refractivity (Wildman–Crippen MR) is 57.2 cm³/mol. The van der Waals surface area contributed by atoms with E-state index in [4.69, 9.17) is 0 Å². The van der Waals surface area contributed by atoms with E-state index < -0.39 is 16.3 Å². The van der Waals surface area contributed by atoms with Crippen LogP contribution in [0.25, 0.3) is 0 Å². The van der Waals surface area contributed by atoms with Gasteiger partial charge >= 0.3 is 16.3 Å². The molecule has 0 atom stereocenters. The molecule has 0 bridgehead atoms. The van der Waals surface area contributed by atoms with Crippen LogP contribution in [0.4, 0.5) is 4.79 Å². The SMILES string of the molecule is CCOC(=O)NS(=O)(=O)NCCc1ncn[nH]1. The van der Waals surface area contributed by atoms with Crippen molar-refractivity contribution in [3.05, 3.63) is 12.2 Å². The molecule has 3 N–H and O–H groups in total. The molecule has 0 aliphatic carbocycles. The van der Waals surface area contributed by atoms with Gasteiger partial charge in [0.2, 0.25) is 0 Å². The summed E-state index contributed by atoms with van der Waals surface area (Å²) in [5.74, 6) is 0.545. The highest BCUT2D eigenvalue weighted by Gasteiger charge is 2.14. The average Bonchev–Trinajstić information content (AvgIpc) is 2.69. The fourth-order valence-electron chi connectivity index (χ4n) is 0.961. The second-order valence-corrected chi connectivity index (χ2v) is 4.40. The molecule has 0 aliphatic heterocycles. The van der Waals surface area contributed by atoms with Gasteiger partial charge in [0, 0.05) is 13.0 Å². The van der Waals surface area contributed by atoms with Crippen LogP contribution in [-0.4, -0.2) is 42.8 Å². The van der Waals surface area contributed by atoms with Gasteiger partial charge in [-0.2, -0.15) is 18.2 Å². The second kappa shape index (κ2) is 6.15. The molecule has 0 aliphatic rings. The van der Waals surface area contributed by atoms with E-state index in [1.54, 1.807) is 11.6 Å². The third-order valence-electron chi connectivity index (χ3n) is 1.61. The highest BCUT2D eigenvalue weighted by molar-refractivity contribution is 7.88. The normalized spacial score (nSPS) is 11.1. The number of hydrogen-bond acceptors (Lipinski definition) is 6. The predicted octanol–water partition coefficient (Wildman–Crippen LogP) is -1.07. The van der Waals surface area contributed by atoms with Gasteiger partial charge in [-0.05, 0) is 6.92 Å². The highest BCUT2D eigenvalue weighted by atomic mass is 32.2. The zero-order valence-corrected chi connectivity index (χ0v) is 9.95. The molecule has 1 heterocycles. The minimum Gasteiger partial charge on any atom is -0.449 e. The number of amides is 1. The molecule has 0 fully saturated rings. The van der Waals surface area contributed by atoms with Gasteiger partial charge in [0.05, 0.1) is 6.61 Å². The minimum atomic E-state index is -3.89. The number of hydrogen-bond donors (Lipinski definition) is 3. The Bertz CT molecular complexity index is 443. The van der Waals surface area contributed by atoms with E-state index in [-0.39, 0.29) is 13.2 Å². The van der Waals surface area contributed by atoms with E-state index in [0.29, 0.717) is 12.2 Å². The number of rotatable bonds is 6. The van der Waals surface area contributed by atoms with Crippen molar-refractivity contribution in [3.8, 4) is 0 Å². The van der Waals surface area contributed by atoms with Crippen LogP contribution < -0.4 is 9.44 Å². The summed E-state index contributed by atoms with van der Waals surface area (Å²) >= 11 is 0. The first-order valence-corrected chi connectivity index (χ1v) is 6.30. The van der Waals surface area contributed by atoms with Gasteiger partial charge in [0.15, 0.2) is 0 Å². The zero-order valence-electron chi connectivity index (χ0n) is 9.13. The third-order valence-corrected chi connectivity index (χ3v) is 2.63. The largest absolute Gasteiger partial charge is 0.449 e. The number of carbonyl (C=O) groups excluding carboxylic acids is 1. The lowest BCUT2D eigenvalue weighted by atomic mass is 10.4. The van der Waals surface area contributed by atoms with Crippen molar-refractivity contribution in [2.75, 3.05) is 13.2 Å². The molecular formula is C7H13N5O4S. The quantitative estimate of drug-likeness (QED) is 0.599. The van der Waals surface area contributed by atoms with Gasteiger partial charge < -0.3 is 4.74 Å². The van der Waals surface area contributed by atoms with E-state index >= 15 is 0 Å². The van der Waals surface area contributed by atoms with E-state index in [9.17, 15) is 13.2 Å². The number of aromatic nitrogens is 3. The van der Waals surface area contributed by atoms with E-state index in [2.05, 4.69) is 24.6 Å². The summed E-state index contributed by atoms with van der Waals surface area (Å²) in [6.45, 7) is 1.76. The maximum Gasteiger partial charge on any atom is 0.421 e.